The molecule has 0 saturated carbocycles. The van der Waals surface area contributed by atoms with E-state index < -0.39 is 0 Å². The van der Waals surface area contributed by atoms with Gasteiger partial charge in [0.15, 0.2) is 5.88 Å². The average molecular weight is 268 g/mol. The lowest BCUT2D eigenvalue weighted by molar-refractivity contribution is 0.202. The molecule has 104 valence electrons. The summed E-state index contributed by atoms with van der Waals surface area (Å²) in [6.07, 6.45) is 4.68. The zero-order valence-corrected chi connectivity index (χ0v) is 12.0. The van der Waals surface area contributed by atoms with E-state index in [2.05, 4.69) is 48.4 Å². The zero-order valence-electron chi connectivity index (χ0n) is 12.0. The van der Waals surface area contributed by atoms with E-state index in [0.29, 0.717) is 6.61 Å². The SMILES string of the molecule is CC/C=C(/Nc1ccccn1)OCc1ccc(C)cc1. The fourth-order valence-corrected chi connectivity index (χ4v) is 1.74. The summed E-state index contributed by atoms with van der Waals surface area (Å²) >= 11 is 0. The minimum Gasteiger partial charge on any atom is -0.474 e. The number of benzene rings is 1. The second-order valence-corrected chi connectivity index (χ2v) is 4.59. The third-order valence-electron chi connectivity index (χ3n) is 2.82. The van der Waals surface area contributed by atoms with E-state index in [0.717, 1.165) is 23.7 Å². The molecule has 0 bridgehead atoms. The summed E-state index contributed by atoms with van der Waals surface area (Å²) in [6.45, 7) is 4.71. The van der Waals surface area contributed by atoms with Crippen LogP contribution in [0.3, 0.4) is 0 Å². The van der Waals surface area contributed by atoms with Crippen molar-refractivity contribution >= 4 is 5.82 Å². The normalized spacial score (nSPS) is 11.2. The third-order valence-corrected chi connectivity index (χ3v) is 2.82. The third kappa shape index (κ3) is 4.43. The first-order valence-electron chi connectivity index (χ1n) is 6.84. The van der Waals surface area contributed by atoms with Gasteiger partial charge in [-0.15, -0.1) is 0 Å². The number of rotatable bonds is 6. The second kappa shape index (κ2) is 7.34. The molecule has 1 N–H and O–H groups in total. The fraction of sp³-hybridized carbons (Fsp3) is 0.235. The highest BCUT2D eigenvalue weighted by atomic mass is 16.5. The molecule has 0 radical (unpaired) electrons. The van der Waals surface area contributed by atoms with Crippen LogP contribution >= 0.6 is 0 Å². The van der Waals surface area contributed by atoms with E-state index in [-0.39, 0.29) is 0 Å². The Bertz CT molecular complexity index is 547. The quantitative estimate of drug-likeness (QED) is 0.794. The van der Waals surface area contributed by atoms with Crippen molar-refractivity contribution < 1.29 is 4.74 Å². The minimum atomic E-state index is 0.548. The molecule has 0 spiro atoms. The van der Waals surface area contributed by atoms with E-state index in [9.17, 15) is 0 Å². The summed E-state index contributed by atoms with van der Waals surface area (Å²) in [7, 11) is 0. The molecule has 3 heteroatoms. The van der Waals surface area contributed by atoms with Crippen molar-refractivity contribution in [2.45, 2.75) is 26.9 Å². The Morgan fingerprint density at radius 2 is 2.00 bits per heavy atom. The molecule has 0 unspecified atom stereocenters. The number of hydrogen-bond donors (Lipinski definition) is 1. The molecule has 0 aliphatic rings. The van der Waals surface area contributed by atoms with Crippen LogP contribution in [0.1, 0.15) is 24.5 Å². The highest BCUT2D eigenvalue weighted by Gasteiger charge is 2.00. The number of nitrogens with zero attached hydrogens (tertiary/aromatic N) is 1. The second-order valence-electron chi connectivity index (χ2n) is 4.59. The largest absolute Gasteiger partial charge is 0.474 e. The molecule has 1 heterocycles. The van der Waals surface area contributed by atoms with Crippen molar-refractivity contribution in [2.24, 2.45) is 0 Å². The number of aromatic nitrogens is 1. The molecule has 3 nitrogen and oxygen atoms in total. The van der Waals surface area contributed by atoms with Crippen molar-refractivity contribution in [3.63, 3.8) is 0 Å². The molecule has 1 aromatic heterocycles. The summed E-state index contributed by atoms with van der Waals surface area (Å²) in [5, 5.41) is 3.19. The molecule has 1 aromatic carbocycles. The highest BCUT2D eigenvalue weighted by molar-refractivity contribution is 5.38. The Labute approximate surface area is 120 Å². The Kier molecular flexibility index (Phi) is 5.18. The number of pyridine rings is 1. The summed E-state index contributed by atoms with van der Waals surface area (Å²) in [5.74, 6) is 1.53. The van der Waals surface area contributed by atoms with Crippen molar-refractivity contribution in [1.82, 2.24) is 4.98 Å². The summed E-state index contributed by atoms with van der Waals surface area (Å²) < 4.78 is 5.82. The minimum absolute atomic E-state index is 0.548. The lowest BCUT2D eigenvalue weighted by Crippen LogP contribution is -2.05. The Morgan fingerprint density at radius 1 is 1.20 bits per heavy atom. The summed E-state index contributed by atoms with van der Waals surface area (Å²) in [4.78, 5) is 4.24. The molecule has 0 atom stereocenters. The van der Waals surface area contributed by atoms with Crippen LogP contribution in [0.25, 0.3) is 0 Å². The topological polar surface area (TPSA) is 34.2 Å². The average Bonchev–Trinajstić information content (AvgIpc) is 2.48. The van der Waals surface area contributed by atoms with Gasteiger partial charge in [0.25, 0.3) is 0 Å². The Hall–Kier alpha value is -2.29. The van der Waals surface area contributed by atoms with E-state index in [4.69, 9.17) is 4.74 Å². The van der Waals surface area contributed by atoms with Crippen LogP contribution < -0.4 is 5.32 Å². The van der Waals surface area contributed by atoms with Crippen LogP contribution in [0, 0.1) is 6.92 Å². The first kappa shape index (κ1) is 14.1. The van der Waals surface area contributed by atoms with Gasteiger partial charge in [0.05, 0.1) is 0 Å². The van der Waals surface area contributed by atoms with Gasteiger partial charge in [-0.25, -0.2) is 4.98 Å². The predicted molar refractivity (Wildman–Crippen MR) is 82.2 cm³/mol. The van der Waals surface area contributed by atoms with Crippen molar-refractivity contribution in [2.75, 3.05) is 5.32 Å². The highest BCUT2D eigenvalue weighted by Crippen LogP contribution is 2.11. The number of hydrogen-bond acceptors (Lipinski definition) is 3. The molecule has 0 aliphatic carbocycles. The van der Waals surface area contributed by atoms with Gasteiger partial charge in [-0.05, 0) is 37.1 Å². The van der Waals surface area contributed by atoms with E-state index >= 15 is 0 Å². The van der Waals surface area contributed by atoms with Crippen LogP contribution in [0.5, 0.6) is 0 Å². The van der Waals surface area contributed by atoms with Crippen LogP contribution in [-0.2, 0) is 11.3 Å². The van der Waals surface area contributed by atoms with E-state index in [1.54, 1.807) is 6.20 Å². The maximum Gasteiger partial charge on any atom is 0.188 e. The van der Waals surface area contributed by atoms with Gasteiger partial charge in [0.1, 0.15) is 12.4 Å². The number of aryl methyl sites for hydroxylation is 1. The maximum atomic E-state index is 5.82. The Balaban J connectivity index is 1.96. The molecule has 2 rings (SSSR count). The van der Waals surface area contributed by atoms with Gasteiger partial charge < -0.3 is 10.1 Å². The maximum absolute atomic E-state index is 5.82. The number of nitrogens with one attached hydrogen (secondary N) is 1. The van der Waals surface area contributed by atoms with Crippen LogP contribution in [0.4, 0.5) is 5.82 Å². The molecular weight excluding hydrogens is 248 g/mol. The van der Waals surface area contributed by atoms with E-state index in [1.807, 2.05) is 24.3 Å². The van der Waals surface area contributed by atoms with Crippen LogP contribution in [-0.4, -0.2) is 4.98 Å². The molecule has 0 saturated heterocycles. The first-order chi connectivity index (χ1) is 9.78. The monoisotopic (exact) mass is 268 g/mol. The molecule has 0 fully saturated rings. The lowest BCUT2D eigenvalue weighted by Gasteiger charge is -2.12. The standard InChI is InChI=1S/C17H20N2O/c1-3-6-17(19-16-7-4-5-12-18-16)20-13-15-10-8-14(2)9-11-15/h4-12H,3,13H2,1-2H3,(H,18,19)/b17-6-. The zero-order chi connectivity index (χ0) is 14.2. The van der Waals surface area contributed by atoms with Gasteiger partial charge in [-0.1, -0.05) is 42.8 Å². The lowest BCUT2D eigenvalue weighted by atomic mass is 10.2. The smallest absolute Gasteiger partial charge is 0.188 e. The number of ether oxygens (including phenoxy) is 1. The van der Waals surface area contributed by atoms with Crippen molar-refractivity contribution in [1.29, 1.82) is 0 Å². The molecular formula is C17H20N2O. The number of anilines is 1. The molecule has 0 aliphatic heterocycles. The number of allylic oxidation sites excluding steroid dienone is 1. The fourth-order valence-electron chi connectivity index (χ4n) is 1.74. The van der Waals surface area contributed by atoms with Crippen LogP contribution in [0.15, 0.2) is 60.6 Å². The first-order valence-corrected chi connectivity index (χ1v) is 6.84. The van der Waals surface area contributed by atoms with Gasteiger partial charge >= 0.3 is 0 Å². The molecule has 2 aromatic rings. The van der Waals surface area contributed by atoms with Gasteiger partial charge in [0, 0.05) is 6.20 Å². The van der Waals surface area contributed by atoms with Gasteiger partial charge in [-0.2, -0.15) is 0 Å². The Morgan fingerprint density at radius 3 is 2.65 bits per heavy atom. The van der Waals surface area contributed by atoms with Crippen molar-refractivity contribution in [3.8, 4) is 0 Å². The molecule has 20 heavy (non-hydrogen) atoms. The predicted octanol–water partition coefficient (Wildman–Crippen LogP) is 4.27. The van der Waals surface area contributed by atoms with E-state index in [1.165, 1.54) is 5.56 Å². The van der Waals surface area contributed by atoms with Gasteiger partial charge in [0.2, 0.25) is 0 Å². The molecule has 0 amide bonds. The summed E-state index contributed by atoms with van der Waals surface area (Å²) in [5.41, 5.74) is 2.41. The van der Waals surface area contributed by atoms with Crippen LogP contribution in [0.2, 0.25) is 0 Å². The summed E-state index contributed by atoms with van der Waals surface area (Å²) in [6, 6.07) is 14.1. The van der Waals surface area contributed by atoms with Gasteiger partial charge in [-0.3, -0.25) is 0 Å². The van der Waals surface area contributed by atoms with Crippen molar-refractivity contribution in [3.05, 3.63) is 71.7 Å².